The maximum atomic E-state index is 11.1. The molecule has 1 aliphatic carbocycles. The quantitative estimate of drug-likeness (QED) is 0.784. The Kier molecular flexibility index (Phi) is 2.57. The Morgan fingerprint density at radius 2 is 2.07 bits per heavy atom. The zero-order valence-electron chi connectivity index (χ0n) is 8.16. The standard InChI is InChI=1S/C11H15NO2/c12-11(13)9-6-7-14-10(9)8-4-2-1-3-5-8/h6-8H,1-5H2,(H2,12,13). The molecule has 0 radical (unpaired) electrons. The summed E-state index contributed by atoms with van der Waals surface area (Å²) in [5, 5.41) is 0. The molecule has 0 atom stereocenters. The van der Waals surface area contributed by atoms with Crippen molar-refractivity contribution in [2.24, 2.45) is 5.73 Å². The number of furan rings is 1. The van der Waals surface area contributed by atoms with Crippen LogP contribution in [0.2, 0.25) is 0 Å². The molecule has 2 N–H and O–H groups in total. The van der Waals surface area contributed by atoms with Gasteiger partial charge in [-0.2, -0.15) is 0 Å². The SMILES string of the molecule is NC(=O)c1ccoc1C1CCCCC1. The van der Waals surface area contributed by atoms with Crippen molar-refractivity contribution in [1.29, 1.82) is 0 Å². The van der Waals surface area contributed by atoms with Crippen molar-refractivity contribution < 1.29 is 9.21 Å². The summed E-state index contributed by atoms with van der Waals surface area (Å²) in [6.45, 7) is 0. The Balaban J connectivity index is 2.21. The van der Waals surface area contributed by atoms with Crippen LogP contribution in [0.5, 0.6) is 0 Å². The molecule has 0 aromatic carbocycles. The predicted octanol–water partition coefficient (Wildman–Crippen LogP) is 2.43. The van der Waals surface area contributed by atoms with Crippen LogP contribution in [-0.4, -0.2) is 5.91 Å². The van der Waals surface area contributed by atoms with E-state index in [1.165, 1.54) is 19.3 Å². The van der Waals surface area contributed by atoms with Crippen LogP contribution < -0.4 is 5.73 Å². The van der Waals surface area contributed by atoms with E-state index in [4.69, 9.17) is 10.2 Å². The fraction of sp³-hybridized carbons (Fsp3) is 0.545. The van der Waals surface area contributed by atoms with Crippen LogP contribution in [0, 0.1) is 0 Å². The number of rotatable bonds is 2. The summed E-state index contributed by atoms with van der Waals surface area (Å²) in [6.07, 6.45) is 7.54. The maximum absolute atomic E-state index is 11.1. The van der Waals surface area contributed by atoms with E-state index in [2.05, 4.69) is 0 Å². The molecular formula is C11H15NO2. The molecular weight excluding hydrogens is 178 g/mol. The minimum atomic E-state index is -0.376. The zero-order valence-corrected chi connectivity index (χ0v) is 8.16. The van der Waals surface area contributed by atoms with Crippen molar-refractivity contribution in [2.75, 3.05) is 0 Å². The number of hydrogen-bond donors (Lipinski definition) is 1. The molecule has 1 amide bonds. The summed E-state index contributed by atoms with van der Waals surface area (Å²) in [4.78, 5) is 11.1. The van der Waals surface area contributed by atoms with Crippen molar-refractivity contribution >= 4 is 5.91 Å². The number of nitrogens with two attached hydrogens (primary N) is 1. The van der Waals surface area contributed by atoms with Crippen LogP contribution in [0.1, 0.15) is 54.1 Å². The van der Waals surface area contributed by atoms with Gasteiger partial charge in [0, 0.05) is 5.92 Å². The lowest BCUT2D eigenvalue weighted by atomic mass is 9.86. The number of primary amides is 1. The highest BCUT2D eigenvalue weighted by Crippen LogP contribution is 2.34. The summed E-state index contributed by atoms with van der Waals surface area (Å²) >= 11 is 0. The van der Waals surface area contributed by atoms with Gasteiger partial charge in [0.05, 0.1) is 11.8 Å². The summed E-state index contributed by atoms with van der Waals surface area (Å²) < 4.78 is 5.36. The van der Waals surface area contributed by atoms with Gasteiger partial charge in [-0.15, -0.1) is 0 Å². The molecule has 1 heterocycles. The molecule has 1 aliphatic rings. The van der Waals surface area contributed by atoms with Crippen molar-refractivity contribution in [3.05, 3.63) is 23.7 Å². The van der Waals surface area contributed by atoms with Gasteiger partial charge in [-0.25, -0.2) is 0 Å². The van der Waals surface area contributed by atoms with Gasteiger partial charge in [0.15, 0.2) is 0 Å². The lowest BCUT2D eigenvalue weighted by Gasteiger charge is -2.20. The first-order valence-corrected chi connectivity index (χ1v) is 5.16. The van der Waals surface area contributed by atoms with Gasteiger partial charge in [-0.1, -0.05) is 19.3 Å². The van der Waals surface area contributed by atoms with Crippen molar-refractivity contribution in [2.45, 2.75) is 38.0 Å². The molecule has 0 unspecified atom stereocenters. The monoisotopic (exact) mass is 193 g/mol. The maximum Gasteiger partial charge on any atom is 0.252 e. The average molecular weight is 193 g/mol. The summed E-state index contributed by atoms with van der Waals surface area (Å²) in [5.74, 6) is 0.831. The first kappa shape index (κ1) is 9.31. The second kappa shape index (κ2) is 3.86. The van der Waals surface area contributed by atoms with E-state index < -0.39 is 0 Å². The van der Waals surface area contributed by atoms with Crippen LogP contribution in [0.15, 0.2) is 16.7 Å². The lowest BCUT2D eigenvalue weighted by molar-refractivity contribution is 0.0997. The molecule has 0 saturated heterocycles. The first-order valence-electron chi connectivity index (χ1n) is 5.16. The summed E-state index contributed by atoms with van der Waals surface area (Å²) in [6, 6.07) is 1.67. The second-order valence-corrected chi connectivity index (χ2v) is 3.90. The van der Waals surface area contributed by atoms with Crippen LogP contribution in [0.3, 0.4) is 0 Å². The Hall–Kier alpha value is -1.25. The van der Waals surface area contributed by atoms with Gasteiger partial charge in [0.25, 0.3) is 5.91 Å². The lowest BCUT2D eigenvalue weighted by Crippen LogP contribution is -2.14. The number of amides is 1. The third-order valence-corrected chi connectivity index (χ3v) is 2.94. The van der Waals surface area contributed by atoms with E-state index in [1.54, 1.807) is 12.3 Å². The molecule has 76 valence electrons. The summed E-state index contributed by atoms with van der Waals surface area (Å²) in [7, 11) is 0. The van der Waals surface area contributed by atoms with Gasteiger partial charge in [0.2, 0.25) is 0 Å². The van der Waals surface area contributed by atoms with E-state index in [9.17, 15) is 4.79 Å². The highest BCUT2D eigenvalue weighted by molar-refractivity contribution is 5.93. The highest BCUT2D eigenvalue weighted by atomic mass is 16.3. The number of carbonyl (C=O) groups is 1. The van der Waals surface area contributed by atoms with E-state index in [0.717, 1.165) is 18.6 Å². The van der Waals surface area contributed by atoms with Crippen LogP contribution >= 0.6 is 0 Å². The Labute approximate surface area is 83.3 Å². The Morgan fingerprint density at radius 3 is 2.71 bits per heavy atom. The topological polar surface area (TPSA) is 56.2 Å². The van der Waals surface area contributed by atoms with Crippen molar-refractivity contribution in [3.8, 4) is 0 Å². The molecule has 14 heavy (non-hydrogen) atoms. The normalized spacial score (nSPS) is 18.3. The Bertz CT molecular complexity index is 324. The van der Waals surface area contributed by atoms with E-state index >= 15 is 0 Å². The van der Waals surface area contributed by atoms with Crippen LogP contribution in [-0.2, 0) is 0 Å². The molecule has 3 nitrogen and oxygen atoms in total. The molecule has 0 spiro atoms. The van der Waals surface area contributed by atoms with Gasteiger partial charge in [0.1, 0.15) is 5.76 Å². The fourth-order valence-electron chi connectivity index (χ4n) is 2.21. The molecule has 1 saturated carbocycles. The third-order valence-electron chi connectivity index (χ3n) is 2.94. The van der Waals surface area contributed by atoms with E-state index in [-0.39, 0.29) is 5.91 Å². The van der Waals surface area contributed by atoms with E-state index in [0.29, 0.717) is 11.5 Å². The molecule has 2 rings (SSSR count). The number of carbonyl (C=O) groups excluding carboxylic acids is 1. The molecule has 1 aromatic heterocycles. The smallest absolute Gasteiger partial charge is 0.252 e. The molecule has 0 aliphatic heterocycles. The molecule has 1 aromatic rings. The molecule has 0 bridgehead atoms. The number of hydrogen-bond acceptors (Lipinski definition) is 2. The minimum Gasteiger partial charge on any atom is -0.468 e. The largest absolute Gasteiger partial charge is 0.468 e. The predicted molar refractivity (Wildman–Crippen MR) is 53.1 cm³/mol. The highest BCUT2D eigenvalue weighted by Gasteiger charge is 2.23. The summed E-state index contributed by atoms with van der Waals surface area (Å²) in [5.41, 5.74) is 5.83. The van der Waals surface area contributed by atoms with Crippen molar-refractivity contribution in [1.82, 2.24) is 0 Å². The first-order chi connectivity index (χ1) is 6.79. The van der Waals surface area contributed by atoms with Crippen LogP contribution in [0.25, 0.3) is 0 Å². The fourth-order valence-corrected chi connectivity index (χ4v) is 2.21. The minimum absolute atomic E-state index is 0.376. The zero-order chi connectivity index (χ0) is 9.97. The van der Waals surface area contributed by atoms with E-state index in [1.807, 2.05) is 0 Å². The average Bonchev–Trinajstić information content (AvgIpc) is 2.67. The molecule has 3 heteroatoms. The van der Waals surface area contributed by atoms with Gasteiger partial charge >= 0.3 is 0 Å². The van der Waals surface area contributed by atoms with Crippen LogP contribution in [0.4, 0.5) is 0 Å². The van der Waals surface area contributed by atoms with Gasteiger partial charge in [-0.3, -0.25) is 4.79 Å². The molecule has 1 fully saturated rings. The van der Waals surface area contributed by atoms with Crippen molar-refractivity contribution in [3.63, 3.8) is 0 Å². The second-order valence-electron chi connectivity index (χ2n) is 3.90. The van der Waals surface area contributed by atoms with Gasteiger partial charge < -0.3 is 10.2 Å². The van der Waals surface area contributed by atoms with Gasteiger partial charge in [-0.05, 0) is 18.9 Å². The third kappa shape index (κ3) is 1.67. The Morgan fingerprint density at radius 1 is 1.36 bits per heavy atom.